The van der Waals surface area contributed by atoms with Gasteiger partial charge < -0.3 is 20.3 Å². The minimum absolute atomic E-state index is 0.0261. The molecule has 0 atom stereocenters. The van der Waals surface area contributed by atoms with Crippen LogP contribution in [-0.2, 0) is 13.7 Å². The van der Waals surface area contributed by atoms with Crippen molar-refractivity contribution in [1.82, 2.24) is 9.78 Å². The van der Waals surface area contributed by atoms with Crippen molar-refractivity contribution in [2.45, 2.75) is 6.61 Å². The standard InChI is InChI=1S/C13H15N3O4/c1-16-4-3-8(15-16)7-20-12-5-9(13(17)18)10(14)6-11(12)19-2/h3-6H,7,14H2,1-2H3,(H,17,18). The molecule has 0 bridgehead atoms. The number of ether oxygens (including phenoxy) is 2. The van der Waals surface area contributed by atoms with Crippen LogP contribution in [0.2, 0.25) is 0 Å². The van der Waals surface area contributed by atoms with Crippen molar-refractivity contribution in [3.8, 4) is 11.5 Å². The Labute approximate surface area is 115 Å². The molecule has 2 rings (SSSR count). The minimum atomic E-state index is -1.12. The van der Waals surface area contributed by atoms with Gasteiger partial charge in [-0.15, -0.1) is 0 Å². The van der Waals surface area contributed by atoms with Crippen LogP contribution in [0.1, 0.15) is 16.1 Å². The van der Waals surface area contributed by atoms with Crippen molar-refractivity contribution in [3.05, 3.63) is 35.7 Å². The second-order valence-corrected chi connectivity index (χ2v) is 4.16. The Hall–Kier alpha value is -2.70. The van der Waals surface area contributed by atoms with Crippen molar-refractivity contribution in [3.63, 3.8) is 0 Å². The molecular formula is C13H15N3O4. The van der Waals surface area contributed by atoms with Gasteiger partial charge in [-0.2, -0.15) is 5.10 Å². The van der Waals surface area contributed by atoms with Crippen molar-refractivity contribution in [2.24, 2.45) is 7.05 Å². The smallest absolute Gasteiger partial charge is 0.337 e. The summed E-state index contributed by atoms with van der Waals surface area (Å²) in [5.74, 6) is -0.430. The molecule has 7 heteroatoms. The summed E-state index contributed by atoms with van der Waals surface area (Å²) in [5, 5.41) is 13.2. The molecule has 20 heavy (non-hydrogen) atoms. The molecule has 0 radical (unpaired) electrons. The molecular weight excluding hydrogens is 262 g/mol. The Balaban J connectivity index is 2.25. The van der Waals surface area contributed by atoms with E-state index >= 15 is 0 Å². The monoisotopic (exact) mass is 277 g/mol. The fraction of sp³-hybridized carbons (Fsp3) is 0.231. The van der Waals surface area contributed by atoms with E-state index in [1.54, 1.807) is 17.9 Å². The number of methoxy groups -OCH3 is 1. The van der Waals surface area contributed by atoms with Gasteiger partial charge in [0.05, 0.1) is 24.1 Å². The van der Waals surface area contributed by atoms with Crippen LogP contribution in [0.15, 0.2) is 24.4 Å². The zero-order valence-corrected chi connectivity index (χ0v) is 11.2. The van der Waals surface area contributed by atoms with Crippen LogP contribution in [0, 0.1) is 0 Å². The highest BCUT2D eigenvalue weighted by Gasteiger charge is 2.15. The lowest BCUT2D eigenvalue weighted by Crippen LogP contribution is -2.05. The third-order valence-electron chi connectivity index (χ3n) is 2.71. The van der Waals surface area contributed by atoms with Gasteiger partial charge in [-0.05, 0) is 6.07 Å². The first-order valence-corrected chi connectivity index (χ1v) is 5.83. The summed E-state index contributed by atoms with van der Waals surface area (Å²) in [4.78, 5) is 11.1. The number of anilines is 1. The molecule has 0 spiro atoms. The van der Waals surface area contributed by atoms with Crippen LogP contribution in [0.4, 0.5) is 5.69 Å². The first kappa shape index (κ1) is 13.7. The number of aromatic carboxylic acids is 1. The summed E-state index contributed by atoms with van der Waals surface area (Å²) >= 11 is 0. The van der Waals surface area contributed by atoms with Crippen molar-refractivity contribution in [1.29, 1.82) is 0 Å². The van der Waals surface area contributed by atoms with E-state index in [4.69, 9.17) is 20.3 Å². The molecule has 0 fully saturated rings. The molecule has 0 amide bonds. The fourth-order valence-electron chi connectivity index (χ4n) is 1.73. The number of rotatable bonds is 5. The number of carboxylic acids is 1. The molecule has 2 aromatic rings. The Bertz CT molecular complexity index is 637. The fourth-order valence-corrected chi connectivity index (χ4v) is 1.73. The number of carbonyl (C=O) groups is 1. The molecule has 0 aliphatic heterocycles. The van der Waals surface area contributed by atoms with E-state index in [-0.39, 0.29) is 17.9 Å². The number of aromatic nitrogens is 2. The zero-order chi connectivity index (χ0) is 14.7. The molecule has 0 saturated carbocycles. The quantitative estimate of drug-likeness (QED) is 0.799. The SMILES string of the molecule is COc1cc(N)c(C(=O)O)cc1OCc1ccn(C)n1. The molecule has 1 heterocycles. The average Bonchev–Trinajstić information content (AvgIpc) is 2.82. The van der Waals surface area contributed by atoms with Crippen LogP contribution < -0.4 is 15.2 Å². The van der Waals surface area contributed by atoms with Gasteiger partial charge in [0.25, 0.3) is 0 Å². The van der Waals surface area contributed by atoms with Gasteiger partial charge in [-0.3, -0.25) is 4.68 Å². The van der Waals surface area contributed by atoms with E-state index in [9.17, 15) is 4.79 Å². The highest BCUT2D eigenvalue weighted by molar-refractivity contribution is 5.94. The summed E-state index contributed by atoms with van der Waals surface area (Å²) in [6, 6.07) is 4.58. The number of hydrogen-bond donors (Lipinski definition) is 2. The molecule has 0 aliphatic carbocycles. The van der Waals surface area contributed by atoms with E-state index in [1.165, 1.54) is 19.2 Å². The molecule has 7 nitrogen and oxygen atoms in total. The van der Waals surface area contributed by atoms with Crippen LogP contribution >= 0.6 is 0 Å². The number of nitrogen functional groups attached to an aromatic ring is 1. The molecule has 1 aromatic carbocycles. The molecule has 3 N–H and O–H groups in total. The number of carboxylic acid groups (broad SMARTS) is 1. The van der Waals surface area contributed by atoms with Gasteiger partial charge in [0.1, 0.15) is 6.61 Å². The van der Waals surface area contributed by atoms with Gasteiger partial charge in [-0.1, -0.05) is 0 Å². The first-order valence-electron chi connectivity index (χ1n) is 5.83. The summed E-state index contributed by atoms with van der Waals surface area (Å²) in [5.41, 5.74) is 6.47. The molecule has 106 valence electrons. The average molecular weight is 277 g/mol. The van der Waals surface area contributed by atoms with Gasteiger partial charge >= 0.3 is 5.97 Å². The Morgan fingerprint density at radius 1 is 1.45 bits per heavy atom. The van der Waals surface area contributed by atoms with E-state index in [0.717, 1.165) is 5.69 Å². The maximum Gasteiger partial charge on any atom is 0.337 e. The zero-order valence-electron chi connectivity index (χ0n) is 11.2. The maximum atomic E-state index is 11.1. The highest BCUT2D eigenvalue weighted by atomic mass is 16.5. The Morgan fingerprint density at radius 3 is 2.75 bits per heavy atom. The number of nitrogens with zero attached hydrogens (tertiary/aromatic N) is 2. The normalized spacial score (nSPS) is 10.3. The van der Waals surface area contributed by atoms with Crippen molar-refractivity contribution < 1.29 is 19.4 Å². The largest absolute Gasteiger partial charge is 0.493 e. The lowest BCUT2D eigenvalue weighted by molar-refractivity contribution is 0.0697. The predicted molar refractivity (Wildman–Crippen MR) is 71.9 cm³/mol. The molecule has 0 aliphatic rings. The topological polar surface area (TPSA) is 99.6 Å². The van der Waals surface area contributed by atoms with Crippen LogP contribution in [0.3, 0.4) is 0 Å². The van der Waals surface area contributed by atoms with Crippen LogP contribution in [-0.4, -0.2) is 28.0 Å². The number of aryl methyl sites for hydroxylation is 1. The lowest BCUT2D eigenvalue weighted by atomic mass is 10.1. The first-order chi connectivity index (χ1) is 9.51. The van der Waals surface area contributed by atoms with Gasteiger partial charge in [-0.25, -0.2) is 4.79 Å². The predicted octanol–water partition coefficient (Wildman–Crippen LogP) is 1.29. The molecule has 1 aromatic heterocycles. The van der Waals surface area contributed by atoms with Gasteiger partial charge in [0.2, 0.25) is 0 Å². The number of benzene rings is 1. The molecule has 0 unspecified atom stereocenters. The van der Waals surface area contributed by atoms with Gasteiger partial charge in [0.15, 0.2) is 11.5 Å². The third-order valence-corrected chi connectivity index (χ3v) is 2.71. The summed E-state index contributed by atoms with van der Waals surface area (Å²) in [6.45, 7) is 0.209. The molecule has 0 saturated heterocycles. The Morgan fingerprint density at radius 2 is 2.20 bits per heavy atom. The summed E-state index contributed by atoms with van der Waals surface area (Å²) < 4.78 is 12.3. The highest BCUT2D eigenvalue weighted by Crippen LogP contribution is 2.32. The summed E-state index contributed by atoms with van der Waals surface area (Å²) in [7, 11) is 3.26. The maximum absolute atomic E-state index is 11.1. The van der Waals surface area contributed by atoms with Crippen LogP contribution in [0.25, 0.3) is 0 Å². The second kappa shape index (κ2) is 5.52. The van der Waals surface area contributed by atoms with E-state index < -0.39 is 5.97 Å². The van der Waals surface area contributed by atoms with Crippen molar-refractivity contribution in [2.75, 3.05) is 12.8 Å². The Kier molecular flexibility index (Phi) is 3.79. The van der Waals surface area contributed by atoms with Gasteiger partial charge in [0, 0.05) is 25.4 Å². The minimum Gasteiger partial charge on any atom is -0.493 e. The number of nitrogens with two attached hydrogens (primary N) is 1. The van der Waals surface area contributed by atoms with E-state index in [2.05, 4.69) is 5.10 Å². The van der Waals surface area contributed by atoms with E-state index in [1.807, 2.05) is 6.07 Å². The lowest BCUT2D eigenvalue weighted by Gasteiger charge is -2.12. The summed E-state index contributed by atoms with van der Waals surface area (Å²) in [6.07, 6.45) is 1.79. The number of hydrogen-bond acceptors (Lipinski definition) is 5. The van der Waals surface area contributed by atoms with E-state index in [0.29, 0.717) is 11.5 Å². The van der Waals surface area contributed by atoms with Crippen LogP contribution in [0.5, 0.6) is 11.5 Å². The van der Waals surface area contributed by atoms with Crippen molar-refractivity contribution >= 4 is 11.7 Å². The second-order valence-electron chi connectivity index (χ2n) is 4.16. The third kappa shape index (κ3) is 2.82.